The Bertz CT molecular complexity index is 1050. The number of rotatable bonds is 2. The molecule has 29 heavy (non-hydrogen) atoms. The third-order valence-electron chi connectivity index (χ3n) is 6.77. The zero-order chi connectivity index (χ0) is 20.0. The van der Waals surface area contributed by atoms with Crippen molar-refractivity contribution in [2.45, 2.75) is 43.7 Å². The smallest absolute Gasteiger partial charge is 0.352 e. The zero-order valence-corrected chi connectivity index (χ0v) is 17.8. The van der Waals surface area contributed by atoms with Crippen LogP contribution in [0.4, 0.5) is 0 Å². The molecule has 0 unspecified atom stereocenters. The molecule has 150 valence electrons. The number of hydrogen-bond donors (Lipinski definition) is 2. The Morgan fingerprint density at radius 3 is 2.72 bits per heavy atom. The van der Waals surface area contributed by atoms with Crippen LogP contribution in [-0.4, -0.2) is 33.5 Å². The summed E-state index contributed by atoms with van der Waals surface area (Å²) in [6.45, 7) is 0.553. The van der Waals surface area contributed by atoms with Crippen LogP contribution in [0, 0.1) is 5.92 Å². The fraction of sp³-hybridized carbons (Fsp3) is 0.391. The van der Waals surface area contributed by atoms with Gasteiger partial charge in [0.25, 0.3) is 0 Å². The van der Waals surface area contributed by atoms with E-state index in [-0.39, 0.29) is 17.9 Å². The molecule has 1 amide bonds. The first-order valence-electron chi connectivity index (χ1n) is 10.4. The Morgan fingerprint density at radius 1 is 1.14 bits per heavy atom. The van der Waals surface area contributed by atoms with Crippen LogP contribution in [0.15, 0.2) is 59.3 Å². The molecule has 2 fully saturated rings. The predicted molar refractivity (Wildman–Crippen MR) is 113 cm³/mol. The molecular weight excluding hydrogens is 430 g/mol. The minimum absolute atomic E-state index is 0.00362. The molecule has 2 aliphatic rings. The maximum Gasteiger partial charge on any atom is 0.352 e. The second-order valence-electron chi connectivity index (χ2n) is 8.24. The van der Waals surface area contributed by atoms with Crippen molar-refractivity contribution >= 4 is 27.4 Å². The molecular formula is C23H25BrN3O2+. The van der Waals surface area contributed by atoms with E-state index in [0.717, 1.165) is 41.4 Å². The predicted octanol–water partition coefficient (Wildman–Crippen LogP) is 3.81. The Morgan fingerprint density at radius 2 is 1.90 bits per heavy atom. The van der Waals surface area contributed by atoms with E-state index >= 15 is 0 Å². The van der Waals surface area contributed by atoms with Crippen LogP contribution in [0.2, 0.25) is 0 Å². The highest BCUT2D eigenvalue weighted by molar-refractivity contribution is 9.10. The highest BCUT2D eigenvalue weighted by Gasteiger charge is 2.51. The second kappa shape index (κ2) is 7.26. The topological polar surface area (TPSA) is 60.4 Å². The Hall–Kier alpha value is -2.18. The number of carbonyl (C=O) groups excluding carboxylic acids is 1. The summed E-state index contributed by atoms with van der Waals surface area (Å²) in [5.74, 6) is 0.622. The fourth-order valence-electron chi connectivity index (χ4n) is 5.36. The third-order valence-corrected chi connectivity index (χ3v) is 7.37. The molecule has 0 spiro atoms. The number of likely N-dealkylation sites (tertiary alicyclic amines) is 1. The summed E-state index contributed by atoms with van der Waals surface area (Å²) in [4.78, 5) is 18.8. The summed E-state index contributed by atoms with van der Waals surface area (Å²) in [5.41, 5.74) is 1.05. The molecule has 1 aliphatic carbocycles. The molecule has 5 rings (SSSR count). The Kier molecular flexibility index (Phi) is 4.71. The normalized spacial score (nSPS) is 27.0. The van der Waals surface area contributed by atoms with Gasteiger partial charge in [-0.1, -0.05) is 49.2 Å². The van der Waals surface area contributed by atoms with E-state index in [1.165, 1.54) is 0 Å². The van der Waals surface area contributed by atoms with Gasteiger partial charge in [-0.05, 0) is 37.0 Å². The molecule has 0 radical (unpaired) electrons. The number of imidazole rings is 1. The highest BCUT2D eigenvalue weighted by atomic mass is 79.9. The lowest BCUT2D eigenvalue weighted by Crippen LogP contribution is -2.59. The van der Waals surface area contributed by atoms with Crippen molar-refractivity contribution in [1.29, 1.82) is 0 Å². The molecule has 3 heterocycles. The summed E-state index contributed by atoms with van der Waals surface area (Å²) < 4.78 is 2.71. The summed E-state index contributed by atoms with van der Waals surface area (Å²) in [6, 6.07) is 15.9. The van der Waals surface area contributed by atoms with Crippen LogP contribution in [0.1, 0.15) is 48.3 Å². The first-order chi connectivity index (χ1) is 14.1. The molecule has 5 nitrogen and oxygen atoms in total. The monoisotopic (exact) mass is 454 g/mol. The lowest BCUT2D eigenvalue weighted by Gasteiger charge is -2.52. The van der Waals surface area contributed by atoms with Crippen molar-refractivity contribution in [3.8, 4) is 0 Å². The van der Waals surface area contributed by atoms with E-state index in [1.54, 1.807) is 0 Å². The van der Waals surface area contributed by atoms with Crippen LogP contribution in [0.5, 0.6) is 0 Å². The molecule has 1 aromatic carbocycles. The van der Waals surface area contributed by atoms with Crippen molar-refractivity contribution in [1.82, 2.24) is 9.88 Å². The zero-order valence-electron chi connectivity index (χ0n) is 16.2. The maximum atomic E-state index is 13.6. The van der Waals surface area contributed by atoms with Crippen molar-refractivity contribution in [3.63, 3.8) is 0 Å². The molecule has 6 heteroatoms. The number of piperidine rings is 1. The van der Waals surface area contributed by atoms with Gasteiger partial charge in [-0.3, -0.25) is 4.79 Å². The molecule has 2 N–H and O–H groups in total. The number of halogens is 1. The quantitative estimate of drug-likeness (QED) is 0.578. The van der Waals surface area contributed by atoms with E-state index in [2.05, 4.69) is 20.9 Å². The van der Waals surface area contributed by atoms with Crippen LogP contribution in [-0.2, 0) is 5.60 Å². The van der Waals surface area contributed by atoms with Gasteiger partial charge in [-0.25, -0.2) is 4.98 Å². The molecule has 1 saturated heterocycles. The number of H-pyrrole nitrogens is 1. The van der Waals surface area contributed by atoms with Gasteiger partial charge in [-0.15, -0.1) is 0 Å². The number of aromatic amines is 1. The number of hydrogen-bond acceptors (Lipinski definition) is 2. The Balaban J connectivity index is 1.51. The number of aromatic nitrogens is 2. The van der Waals surface area contributed by atoms with Gasteiger partial charge in [0.2, 0.25) is 4.60 Å². The van der Waals surface area contributed by atoms with E-state index in [9.17, 15) is 9.90 Å². The maximum absolute atomic E-state index is 13.6. The average Bonchev–Trinajstić information content (AvgIpc) is 3.11. The molecule has 2 aromatic heterocycles. The summed E-state index contributed by atoms with van der Waals surface area (Å²) in [7, 11) is 0. The number of carbonyl (C=O) groups is 1. The SMILES string of the molecule is O=C(c1[nH]c(Br)c2cccc[n+]12)N1CC[C@](O)(c2ccccc2)[C@H]2CCCC[C@H]21. The van der Waals surface area contributed by atoms with E-state index in [4.69, 9.17) is 0 Å². The molecule has 3 aromatic rings. The molecule has 3 atom stereocenters. The van der Waals surface area contributed by atoms with Crippen molar-refractivity contribution in [2.75, 3.05) is 6.54 Å². The van der Waals surface area contributed by atoms with Crippen LogP contribution in [0.25, 0.3) is 5.52 Å². The van der Waals surface area contributed by atoms with Crippen molar-refractivity contribution in [3.05, 3.63) is 70.7 Å². The number of aliphatic hydroxyl groups is 1. The molecule has 0 bridgehead atoms. The van der Waals surface area contributed by atoms with Crippen molar-refractivity contribution < 1.29 is 14.3 Å². The molecule has 1 aliphatic heterocycles. The van der Waals surface area contributed by atoms with Crippen LogP contribution < -0.4 is 4.40 Å². The van der Waals surface area contributed by atoms with E-state index < -0.39 is 5.60 Å². The van der Waals surface area contributed by atoms with Gasteiger partial charge in [-0.2, -0.15) is 4.40 Å². The number of nitrogens with one attached hydrogen (secondary N) is 1. The first-order valence-corrected chi connectivity index (χ1v) is 11.2. The number of fused-ring (bicyclic) bond motifs is 2. The summed E-state index contributed by atoms with van der Waals surface area (Å²) in [5, 5.41) is 11.7. The lowest BCUT2D eigenvalue weighted by atomic mass is 9.66. The number of pyridine rings is 1. The van der Waals surface area contributed by atoms with Crippen molar-refractivity contribution in [2.24, 2.45) is 5.92 Å². The molecule has 1 saturated carbocycles. The van der Waals surface area contributed by atoms with E-state index in [1.807, 2.05) is 64.0 Å². The van der Waals surface area contributed by atoms with Gasteiger partial charge in [0.05, 0.1) is 11.8 Å². The third kappa shape index (κ3) is 3.01. The summed E-state index contributed by atoms with van der Waals surface area (Å²) in [6.07, 6.45) is 6.56. The highest BCUT2D eigenvalue weighted by Crippen LogP contribution is 2.47. The minimum atomic E-state index is -0.866. The minimum Gasteiger partial charge on any atom is -0.385 e. The number of benzene rings is 1. The number of nitrogens with zero attached hydrogens (tertiary/aromatic N) is 2. The van der Waals surface area contributed by atoms with Gasteiger partial charge in [0.15, 0.2) is 5.52 Å². The van der Waals surface area contributed by atoms with Crippen LogP contribution >= 0.6 is 15.9 Å². The Labute approximate surface area is 178 Å². The van der Waals surface area contributed by atoms with Gasteiger partial charge >= 0.3 is 11.7 Å². The van der Waals surface area contributed by atoms with Gasteiger partial charge < -0.3 is 10.0 Å². The fourth-order valence-corrected chi connectivity index (χ4v) is 5.87. The van der Waals surface area contributed by atoms with Gasteiger partial charge in [0.1, 0.15) is 0 Å². The largest absolute Gasteiger partial charge is 0.385 e. The van der Waals surface area contributed by atoms with Gasteiger partial charge in [0, 0.05) is 34.4 Å². The second-order valence-corrected chi connectivity index (χ2v) is 9.03. The summed E-state index contributed by atoms with van der Waals surface area (Å²) >= 11 is 3.54. The number of amides is 1. The first kappa shape index (κ1) is 18.8. The van der Waals surface area contributed by atoms with E-state index in [0.29, 0.717) is 18.8 Å². The standard InChI is InChI=1S/C23H24BrN3O2/c24-20-19-12-6-7-14-26(19)21(25-20)22(28)27-15-13-23(29,16-8-2-1-3-9-16)17-10-4-5-11-18(17)27/h1-3,6-9,12,14,17-18,29H,4-5,10-11,13,15H2/p+1/t17-,18+,23-/m0/s1. The average molecular weight is 455 g/mol. The van der Waals surface area contributed by atoms with Crippen LogP contribution in [0.3, 0.4) is 0 Å². The lowest BCUT2D eigenvalue weighted by molar-refractivity contribution is -0.514.